The molecular formula is C12H17NO3S. The molecule has 0 aliphatic carbocycles. The zero-order valence-corrected chi connectivity index (χ0v) is 10.9. The normalized spacial score (nSPS) is 11.2. The predicted molar refractivity (Wildman–Crippen MR) is 67.4 cm³/mol. The molecule has 1 aromatic rings. The summed E-state index contributed by atoms with van der Waals surface area (Å²) in [5.41, 5.74) is 1.27. The lowest BCUT2D eigenvalue weighted by molar-refractivity contribution is 0.0980. The first kappa shape index (κ1) is 13.7. The molecule has 1 amide bonds. The molecule has 0 saturated heterocycles. The van der Waals surface area contributed by atoms with Gasteiger partial charge in [-0.25, -0.2) is 13.1 Å². The van der Waals surface area contributed by atoms with E-state index in [1.807, 2.05) is 19.1 Å². The lowest BCUT2D eigenvalue weighted by Crippen LogP contribution is -2.32. The summed E-state index contributed by atoms with van der Waals surface area (Å²) >= 11 is 0. The van der Waals surface area contributed by atoms with Crippen LogP contribution in [0.15, 0.2) is 24.3 Å². The van der Waals surface area contributed by atoms with Crippen molar-refractivity contribution < 1.29 is 13.2 Å². The van der Waals surface area contributed by atoms with E-state index in [2.05, 4.69) is 4.72 Å². The lowest BCUT2D eigenvalue weighted by Gasteiger charge is -2.08. The van der Waals surface area contributed by atoms with E-state index in [1.165, 1.54) is 0 Å². The molecule has 0 fully saturated rings. The summed E-state index contributed by atoms with van der Waals surface area (Å²) in [5.74, 6) is -0.580. The molecule has 17 heavy (non-hydrogen) atoms. The molecular weight excluding hydrogens is 238 g/mol. The van der Waals surface area contributed by atoms with Crippen molar-refractivity contribution in [2.24, 2.45) is 0 Å². The number of rotatable bonds is 5. The third kappa shape index (κ3) is 3.85. The fourth-order valence-corrected chi connectivity index (χ4v) is 2.60. The van der Waals surface area contributed by atoms with Crippen molar-refractivity contribution in [3.05, 3.63) is 35.4 Å². The third-order valence-electron chi connectivity index (χ3n) is 2.36. The number of hydrogen-bond acceptors (Lipinski definition) is 3. The highest BCUT2D eigenvalue weighted by Gasteiger charge is 2.16. The summed E-state index contributed by atoms with van der Waals surface area (Å²) < 4.78 is 25.0. The molecule has 94 valence electrons. The average molecular weight is 255 g/mol. The van der Waals surface area contributed by atoms with Crippen LogP contribution in [0.25, 0.3) is 0 Å². The number of benzene rings is 1. The Labute approximate surface area is 102 Å². The summed E-state index contributed by atoms with van der Waals surface area (Å²) in [6.45, 7) is 3.68. The van der Waals surface area contributed by atoms with E-state index >= 15 is 0 Å². The molecule has 1 aromatic carbocycles. The van der Waals surface area contributed by atoms with Gasteiger partial charge < -0.3 is 0 Å². The molecule has 0 atom stereocenters. The van der Waals surface area contributed by atoms with Crippen LogP contribution in [0.1, 0.15) is 36.2 Å². The first-order chi connectivity index (χ1) is 8.00. The Bertz CT molecular complexity index is 494. The average Bonchev–Trinajstić information content (AvgIpc) is 2.28. The monoisotopic (exact) mass is 255 g/mol. The van der Waals surface area contributed by atoms with Crippen molar-refractivity contribution in [2.75, 3.05) is 5.75 Å². The Hall–Kier alpha value is -1.36. The fourth-order valence-electron chi connectivity index (χ4n) is 1.57. The number of carbonyl (C=O) groups excluding carboxylic acids is 1. The molecule has 0 radical (unpaired) electrons. The van der Waals surface area contributed by atoms with Crippen molar-refractivity contribution in [3.63, 3.8) is 0 Å². The van der Waals surface area contributed by atoms with Crippen LogP contribution in [0, 0.1) is 0 Å². The van der Waals surface area contributed by atoms with Gasteiger partial charge in [-0.3, -0.25) is 4.79 Å². The second-order valence-electron chi connectivity index (χ2n) is 3.76. The highest BCUT2D eigenvalue weighted by atomic mass is 32.2. The van der Waals surface area contributed by atoms with E-state index in [9.17, 15) is 13.2 Å². The van der Waals surface area contributed by atoms with Gasteiger partial charge in [0.25, 0.3) is 5.91 Å². The van der Waals surface area contributed by atoms with E-state index in [1.54, 1.807) is 19.1 Å². The van der Waals surface area contributed by atoms with Crippen molar-refractivity contribution in [1.29, 1.82) is 0 Å². The third-order valence-corrected chi connectivity index (χ3v) is 3.81. The van der Waals surface area contributed by atoms with Crippen LogP contribution in [0.2, 0.25) is 0 Å². The number of hydrogen-bond donors (Lipinski definition) is 1. The Balaban J connectivity index is 2.91. The smallest absolute Gasteiger partial charge is 0.265 e. The minimum Gasteiger partial charge on any atom is -0.268 e. The maximum Gasteiger partial charge on any atom is 0.265 e. The van der Waals surface area contributed by atoms with Crippen LogP contribution in [0.3, 0.4) is 0 Å². The Morgan fingerprint density at radius 1 is 1.24 bits per heavy atom. The molecule has 0 aromatic heterocycles. The van der Waals surface area contributed by atoms with Gasteiger partial charge in [0, 0.05) is 5.56 Å². The van der Waals surface area contributed by atoms with Crippen LogP contribution in [0.5, 0.6) is 0 Å². The minimum absolute atomic E-state index is 0.0347. The van der Waals surface area contributed by atoms with Gasteiger partial charge in [0.1, 0.15) is 0 Å². The second kappa shape index (κ2) is 5.82. The SMILES string of the molecule is CCCS(=O)(=O)NC(=O)c1ccccc1CC. The van der Waals surface area contributed by atoms with Crippen molar-refractivity contribution >= 4 is 15.9 Å². The molecule has 0 unspecified atom stereocenters. The summed E-state index contributed by atoms with van der Waals surface area (Å²) in [6.07, 6.45) is 1.18. The summed E-state index contributed by atoms with van der Waals surface area (Å²) in [5, 5.41) is 0. The highest BCUT2D eigenvalue weighted by molar-refractivity contribution is 7.90. The van der Waals surface area contributed by atoms with Gasteiger partial charge in [0.2, 0.25) is 10.0 Å². The van der Waals surface area contributed by atoms with Crippen LogP contribution < -0.4 is 4.72 Å². The lowest BCUT2D eigenvalue weighted by atomic mass is 10.1. The second-order valence-corrected chi connectivity index (χ2v) is 5.60. The maximum absolute atomic E-state index is 11.8. The van der Waals surface area contributed by atoms with Gasteiger partial charge in [-0.2, -0.15) is 0 Å². The standard InChI is InChI=1S/C12H17NO3S/c1-3-9-17(15,16)13-12(14)11-8-6-5-7-10(11)4-2/h5-8H,3-4,9H2,1-2H3,(H,13,14). The quantitative estimate of drug-likeness (QED) is 0.871. The van der Waals surface area contributed by atoms with E-state index in [0.717, 1.165) is 5.56 Å². The minimum atomic E-state index is -3.50. The van der Waals surface area contributed by atoms with Crippen molar-refractivity contribution in [1.82, 2.24) is 4.72 Å². The van der Waals surface area contributed by atoms with Crippen LogP contribution in [0.4, 0.5) is 0 Å². The van der Waals surface area contributed by atoms with Gasteiger partial charge in [-0.05, 0) is 24.5 Å². The summed E-state index contributed by atoms with van der Waals surface area (Å²) in [4.78, 5) is 11.8. The number of sulfonamides is 1. The van der Waals surface area contributed by atoms with Gasteiger partial charge in [-0.1, -0.05) is 32.0 Å². The largest absolute Gasteiger partial charge is 0.268 e. The first-order valence-corrected chi connectivity index (χ1v) is 7.28. The Morgan fingerprint density at radius 2 is 1.88 bits per heavy atom. The number of amides is 1. The topological polar surface area (TPSA) is 63.2 Å². The van der Waals surface area contributed by atoms with E-state index in [-0.39, 0.29) is 5.75 Å². The van der Waals surface area contributed by atoms with Crippen LogP contribution in [-0.2, 0) is 16.4 Å². The van der Waals surface area contributed by atoms with Gasteiger partial charge in [-0.15, -0.1) is 0 Å². The number of nitrogens with one attached hydrogen (secondary N) is 1. The Morgan fingerprint density at radius 3 is 2.47 bits per heavy atom. The molecule has 0 heterocycles. The molecule has 0 aliphatic heterocycles. The molecule has 1 rings (SSSR count). The maximum atomic E-state index is 11.8. The molecule has 0 bridgehead atoms. The zero-order valence-electron chi connectivity index (χ0n) is 10.1. The molecule has 5 heteroatoms. The zero-order chi connectivity index (χ0) is 12.9. The van der Waals surface area contributed by atoms with Gasteiger partial charge in [0.15, 0.2) is 0 Å². The molecule has 1 N–H and O–H groups in total. The Kier molecular flexibility index (Phi) is 4.69. The summed E-state index contributed by atoms with van der Waals surface area (Å²) in [6, 6.07) is 7.01. The van der Waals surface area contributed by atoms with Crippen LogP contribution in [-0.4, -0.2) is 20.1 Å². The first-order valence-electron chi connectivity index (χ1n) is 5.63. The van der Waals surface area contributed by atoms with Gasteiger partial charge in [0.05, 0.1) is 5.75 Å². The number of aryl methyl sites for hydroxylation is 1. The molecule has 0 aliphatic rings. The molecule has 0 saturated carbocycles. The van der Waals surface area contributed by atoms with E-state index < -0.39 is 15.9 Å². The summed E-state index contributed by atoms with van der Waals surface area (Å²) in [7, 11) is -3.50. The number of carbonyl (C=O) groups is 1. The van der Waals surface area contributed by atoms with Crippen LogP contribution >= 0.6 is 0 Å². The van der Waals surface area contributed by atoms with Crippen molar-refractivity contribution in [3.8, 4) is 0 Å². The van der Waals surface area contributed by atoms with E-state index in [4.69, 9.17) is 0 Å². The van der Waals surface area contributed by atoms with E-state index in [0.29, 0.717) is 18.4 Å². The predicted octanol–water partition coefficient (Wildman–Crippen LogP) is 1.72. The molecule has 0 spiro atoms. The van der Waals surface area contributed by atoms with Gasteiger partial charge >= 0.3 is 0 Å². The van der Waals surface area contributed by atoms with Crippen molar-refractivity contribution in [2.45, 2.75) is 26.7 Å². The fraction of sp³-hybridized carbons (Fsp3) is 0.417. The molecule has 4 nitrogen and oxygen atoms in total. The highest BCUT2D eigenvalue weighted by Crippen LogP contribution is 2.09.